The minimum Gasteiger partial charge on any atom is -0.339 e. The molecule has 98 valence electrons. The highest BCUT2D eigenvalue weighted by atomic mass is 127. The van der Waals surface area contributed by atoms with Crippen LogP contribution in [0, 0.1) is 9.49 Å². The summed E-state index contributed by atoms with van der Waals surface area (Å²) >= 11 is 2.25. The van der Waals surface area contributed by atoms with E-state index in [-0.39, 0.29) is 5.91 Å². The lowest BCUT2D eigenvalue weighted by atomic mass is 9.96. The van der Waals surface area contributed by atoms with Gasteiger partial charge in [0.05, 0.1) is 0 Å². The Bertz CT molecular complexity index is 397. The number of nitrogens with zero attached hydrogens (tertiary/aromatic N) is 1. The lowest BCUT2D eigenvalue weighted by Crippen LogP contribution is -2.40. The van der Waals surface area contributed by atoms with E-state index in [9.17, 15) is 4.79 Å². The second-order valence-electron chi connectivity index (χ2n) is 4.80. The molecule has 1 aliphatic heterocycles. The maximum absolute atomic E-state index is 12.3. The predicted octanol–water partition coefficient (Wildman–Crippen LogP) is 2.36. The van der Waals surface area contributed by atoms with Crippen LogP contribution in [0.4, 0.5) is 0 Å². The third-order valence-corrected chi connectivity index (χ3v) is 4.20. The monoisotopic (exact) mass is 358 g/mol. The van der Waals surface area contributed by atoms with E-state index in [0.717, 1.165) is 47.5 Å². The first-order valence-corrected chi connectivity index (χ1v) is 7.48. The summed E-state index contributed by atoms with van der Waals surface area (Å²) in [6, 6.07) is 7.82. The molecule has 2 rings (SSSR count). The number of hydrogen-bond donors (Lipinski definition) is 1. The molecule has 0 aromatic heterocycles. The summed E-state index contributed by atoms with van der Waals surface area (Å²) in [4.78, 5) is 14.3. The zero-order valence-electron chi connectivity index (χ0n) is 10.7. The molecule has 1 saturated heterocycles. The third-order valence-electron chi connectivity index (χ3n) is 3.49. The molecule has 1 fully saturated rings. The second kappa shape index (κ2) is 6.52. The fraction of sp³-hybridized carbons (Fsp3) is 0.500. The summed E-state index contributed by atoms with van der Waals surface area (Å²) in [6.07, 6.45) is 2.22. The van der Waals surface area contributed by atoms with Crippen molar-refractivity contribution in [2.45, 2.75) is 12.8 Å². The molecule has 1 amide bonds. The number of rotatable bonds is 3. The zero-order valence-corrected chi connectivity index (χ0v) is 12.8. The molecular weight excluding hydrogens is 339 g/mol. The van der Waals surface area contributed by atoms with Gasteiger partial charge in [0.15, 0.2) is 0 Å². The number of carbonyl (C=O) groups is 1. The van der Waals surface area contributed by atoms with E-state index in [1.807, 2.05) is 36.2 Å². The van der Waals surface area contributed by atoms with E-state index in [0.29, 0.717) is 0 Å². The van der Waals surface area contributed by atoms with Crippen LogP contribution >= 0.6 is 22.6 Å². The van der Waals surface area contributed by atoms with Gasteiger partial charge in [-0.15, -0.1) is 0 Å². The fourth-order valence-electron chi connectivity index (χ4n) is 2.40. The van der Waals surface area contributed by atoms with Crippen LogP contribution in [0.3, 0.4) is 0 Å². The number of likely N-dealkylation sites (tertiary alicyclic amines) is 1. The van der Waals surface area contributed by atoms with Crippen LogP contribution in [-0.2, 0) is 0 Å². The minimum absolute atomic E-state index is 0.175. The highest BCUT2D eigenvalue weighted by Crippen LogP contribution is 2.18. The molecule has 0 saturated carbocycles. The van der Waals surface area contributed by atoms with Crippen LogP contribution in [0.5, 0.6) is 0 Å². The van der Waals surface area contributed by atoms with Crippen molar-refractivity contribution >= 4 is 28.5 Å². The van der Waals surface area contributed by atoms with Gasteiger partial charge in [0, 0.05) is 22.2 Å². The quantitative estimate of drug-likeness (QED) is 0.842. The van der Waals surface area contributed by atoms with Crippen molar-refractivity contribution in [1.82, 2.24) is 10.2 Å². The van der Waals surface area contributed by atoms with Gasteiger partial charge >= 0.3 is 0 Å². The Balaban J connectivity index is 1.93. The van der Waals surface area contributed by atoms with Gasteiger partial charge in [-0.3, -0.25) is 4.79 Å². The Morgan fingerprint density at radius 2 is 1.94 bits per heavy atom. The molecular formula is C14H19IN2O. The van der Waals surface area contributed by atoms with E-state index >= 15 is 0 Å². The maximum atomic E-state index is 12.3. The first-order chi connectivity index (χ1) is 8.70. The number of hydrogen-bond acceptors (Lipinski definition) is 2. The van der Waals surface area contributed by atoms with Crippen molar-refractivity contribution in [2.24, 2.45) is 5.92 Å². The van der Waals surface area contributed by atoms with Gasteiger partial charge in [-0.2, -0.15) is 0 Å². The minimum atomic E-state index is 0.175. The highest BCUT2D eigenvalue weighted by molar-refractivity contribution is 14.1. The Kier molecular flexibility index (Phi) is 5.00. The van der Waals surface area contributed by atoms with Gasteiger partial charge in [0.1, 0.15) is 0 Å². The Labute approximate surface area is 122 Å². The van der Waals surface area contributed by atoms with Gasteiger partial charge in [0.25, 0.3) is 5.91 Å². The van der Waals surface area contributed by atoms with Crippen molar-refractivity contribution in [3.05, 3.63) is 33.4 Å². The summed E-state index contributed by atoms with van der Waals surface area (Å²) in [6.45, 7) is 2.83. The number of halogens is 1. The van der Waals surface area contributed by atoms with E-state index in [1.165, 1.54) is 0 Å². The number of piperidine rings is 1. The number of benzene rings is 1. The summed E-state index contributed by atoms with van der Waals surface area (Å²) in [5, 5.41) is 3.22. The van der Waals surface area contributed by atoms with Gasteiger partial charge in [0.2, 0.25) is 0 Å². The standard InChI is InChI=1S/C14H19IN2O/c1-16-10-11-6-8-17(9-7-11)14(18)12-2-4-13(15)5-3-12/h2-5,11,16H,6-10H2,1H3. The number of nitrogens with one attached hydrogen (secondary N) is 1. The molecule has 0 aliphatic carbocycles. The van der Waals surface area contributed by atoms with Crippen LogP contribution in [0.1, 0.15) is 23.2 Å². The van der Waals surface area contributed by atoms with Gasteiger partial charge in [-0.25, -0.2) is 0 Å². The molecule has 1 aliphatic rings. The van der Waals surface area contributed by atoms with Crippen LogP contribution in [-0.4, -0.2) is 37.5 Å². The summed E-state index contributed by atoms with van der Waals surface area (Å²) in [7, 11) is 1.99. The molecule has 3 nitrogen and oxygen atoms in total. The molecule has 0 radical (unpaired) electrons. The van der Waals surface area contributed by atoms with E-state index in [2.05, 4.69) is 27.9 Å². The van der Waals surface area contributed by atoms with Crippen molar-refractivity contribution in [3.63, 3.8) is 0 Å². The van der Waals surface area contributed by atoms with Gasteiger partial charge in [-0.1, -0.05) is 0 Å². The van der Waals surface area contributed by atoms with E-state index < -0.39 is 0 Å². The molecule has 1 aromatic rings. The van der Waals surface area contributed by atoms with Crippen molar-refractivity contribution in [2.75, 3.05) is 26.7 Å². The van der Waals surface area contributed by atoms with Crippen molar-refractivity contribution in [3.8, 4) is 0 Å². The predicted molar refractivity (Wildman–Crippen MR) is 81.7 cm³/mol. The SMILES string of the molecule is CNCC1CCN(C(=O)c2ccc(I)cc2)CC1. The Morgan fingerprint density at radius 1 is 1.33 bits per heavy atom. The van der Waals surface area contributed by atoms with Gasteiger partial charge < -0.3 is 10.2 Å². The van der Waals surface area contributed by atoms with Gasteiger partial charge in [-0.05, 0) is 79.2 Å². The summed E-state index contributed by atoms with van der Waals surface area (Å²) < 4.78 is 1.16. The van der Waals surface area contributed by atoms with Crippen LogP contribution in [0.2, 0.25) is 0 Å². The molecule has 18 heavy (non-hydrogen) atoms. The lowest BCUT2D eigenvalue weighted by molar-refractivity contribution is 0.0691. The van der Waals surface area contributed by atoms with Crippen LogP contribution < -0.4 is 5.32 Å². The van der Waals surface area contributed by atoms with Crippen molar-refractivity contribution in [1.29, 1.82) is 0 Å². The largest absolute Gasteiger partial charge is 0.339 e. The molecule has 1 N–H and O–H groups in total. The molecule has 1 heterocycles. The molecule has 0 atom stereocenters. The van der Waals surface area contributed by atoms with Crippen molar-refractivity contribution < 1.29 is 4.79 Å². The van der Waals surface area contributed by atoms with E-state index in [4.69, 9.17) is 0 Å². The summed E-state index contributed by atoms with van der Waals surface area (Å²) in [5.41, 5.74) is 0.808. The number of carbonyl (C=O) groups excluding carboxylic acids is 1. The first kappa shape index (κ1) is 13.8. The smallest absolute Gasteiger partial charge is 0.253 e. The average molecular weight is 358 g/mol. The highest BCUT2D eigenvalue weighted by Gasteiger charge is 2.22. The first-order valence-electron chi connectivity index (χ1n) is 6.40. The Morgan fingerprint density at radius 3 is 2.50 bits per heavy atom. The Hall–Kier alpha value is -0.620. The average Bonchev–Trinajstić information content (AvgIpc) is 2.40. The second-order valence-corrected chi connectivity index (χ2v) is 6.05. The topological polar surface area (TPSA) is 32.3 Å². The molecule has 1 aromatic carbocycles. The van der Waals surface area contributed by atoms with E-state index in [1.54, 1.807) is 0 Å². The number of amides is 1. The van der Waals surface area contributed by atoms with Crippen LogP contribution in [0.25, 0.3) is 0 Å². The fourth-order valence-corrected chi connectivity index (χ4v) is 2.76. The molecule has 0 spiro atoms. The molecule has 0 bridgehead atoms. The summed E-state index contributed by atoms with van der Waals surface area (Å²) in [5.74, 6) is 0.894. The molecule has 0 unspecified atom stereocenters. The van der Waals surface area contributed by atoms with Crippen LogP contribution in [0.15, 0.2) is 24.3 Å². The maximum Gasteiger partial charge on any atom is 0.253 e. The molecule has 4 heteroatoms. The third kappa shape index (κ3) is 3.45. The normalized spacial score (nSPS) is 16.9. The lowest BCUT2D eigenvalue weighted by Gasteiger charge is -2.32. The zero-order chi connectivity index (χ0) is 13.0.